The molecule has 1 aromatic carbocycles. The molecule has 0 spiro atoms. The van der Waals surface area contributed by atoms with E-state index in [-0.39, 0.29) is 24.4 Å². The number of carbonyl (C=O) groups excluding carboxylic acids is 1. The molecule has 2 aliphatic heterocycles. The molecular weight excluding hydrogens is 336 g/mol. The Kier molecular flexibility index (Phi) is 5.94. The number of carboxylic acid groups (broad SMARTS) is 1. The Balaban J connectivity index is 1.71. The summed E-state index contributed by atoms with van der Waals surface area (Å²) in [6.07, 6.45) is 2.50. The minimum absolute atomic E-state index is 0.0232. The summed E-state index contributed by atoms with van der Waals surface area (Å²) in [7, 11) is 0. The maximum absolute atomic E-state index is 12.6. The summed E-state index contributed by atoms with van der Waals surface area (Å²) in [4.78, 5) is 23.8. The fraction of sp³-hybridized carbons (Fsp3) is 0.600. The monoisotopic (exact) mass is 362 g/mol. The van der Waals surface area contributed by atoms with Gasteiger partial charge in [-0.2, -0.15) is 0 Å². The maximum Gasteiger partial charge on any atom is 0.338 e. The molecule has 142 valence electrons. The van der Waals surface area contributed by atoms with Crippen molar-refractivity contribution in [2.75, 3.05) is 19.8 Å². The Bertz CT molecular complexity index is 666. The number of ether oxygens (including phenoxy) is 3. The van der Waals surface area contributed by atoms with E-state index in [1.807, 2.05) is 0 Å². The third kappa shape index (κ3) is 3.91. The van der Waals surface area contributed by atoms with Gasteiger partial charge in [-0.1, -0.05) is 13.8 Å². The number of rotatable bonds is 8. The molecular formula is C20H26O6. The Labute approximate surface area is 153 Å². The number of hydrogen-bond donors (Lipinski definition) is 1. The Morgan fingerprint density at radius 2 is 1.77 bits per heavy atom. The fourth-order valence-corrected chi connectivity index (χ4v) is 3.46. The van der Waals surface area contributed by atoms with Crippen molar-refractivity contribution in [2.45, 2.75) is 45.3 Å². The molecule has 2 saturated heterocycles. The predicted molar refractivity (Wildman–Crippen MR) is 94.4 cm³/mol. The molecule has 0 aliphatic carbocycles. The first kappa shape index (κ1) is 18.9. The molecule has 0 radical (unpaired) electrons. The zero-order chi connectivity index (χ0) is 18.7. The van der Waals surface area contributed by atoms with Gasteiger partial charge in [0, 0.05) is 11.8 Å². The Hall–Kier alpha value is -1.92. The molecule has 2 aliphatic rings. The van der Waals surface area contributed by atoms with Gasteiger partial charge in [-0.25, -0.2) is 9.59 Å². The number of hydrogen-bond acceptors (Lipinski definition) is 5. The van der Waals surface area contributed by atoms with Crippen molar-refractivity contribution in [3.8, 4) is 0 Å². The van der Waals surface area contributed by atoms with Gasteiger partial charge in [-0.05, 0) is 43.0 Å². The quantitative estimate of drug-likeness (QED) is 0.716. The molecule has 4 unspecified atom stereocenters. The van der Waals surface area contributed by atoms with E-state index in [0.717, 1.165) is 19.4 Å². The van der Waals surface area contributed by atoms with Gasteiger partial charge in [-0.15, -0.1) is 0 Å². The molecule has 6 heteroatoms. The number of carbonyl (C=O) groups is 2. The van der Waals surface area contributed by atoms with Crippen molar-refractivity contribution < 1.29 is 28.9 Å². The molecule has 1 N–H and O–H groups in total. The van der Waals surface area contributed by atoms with E-state index < -0.39 is 11.9 Å². The van der Waals surface area contributed by atoms with Gasteiger partial charge in [-0.3, -0.25) is 0 Å². The van der Waals surface area contributed by atoms with Crippen molar-refractivity contribution >= 4 is 11.9 Å². The zero-order valence-electron chi connectivity index (χ0n) is 15.3. The summed E-state index contributed by atoms with van der Waals surface area (Å²) in [5, 5.41) is 9.25. The van der Waals surface area contributed by atoms with Crippen LogP contribution in [0, 0.1) is 11.8 Å². The van der Waals surface area contributed by atoms with Gasteiger partial charge in [0.1, 0.15) is 6.61 Å². The minimum Gasteiger partial charge on any atom is -0.478 e. The summed E-state index contributed by atoms with van der Waals surface area (Å²) in [6.45, 7) is 5.86. The molecule has 0 bridgehead atoms. The molecule has 1 aromatic rings. The molecule has 0 aromatic heterocycles. The summed E-state index contributed by atoms with van der Waals surface area (Å²) in [5.74, 6) is -0.567. The normalized spacial score (nSPS) is 27.3. The minimum atomic E-state index is -1.01. The Morgan fingerprint density at radius 3 is 2.31 bits per heavy atom. The maximum atomic E-state index is 12.6. The van der Waals surface area contributed by atoms with Crippen LogP contribution in [0.5, 0.6) is 0 Å². The van der Waals surface area contributed by atoms with Crippen LogP contribution in [0.15, 0.2) is 18.2 Å². The first-order chi connectivity index (χ1) is 12.5. The van der Waals surface area contributed by atoms with E-state index in [2.05, 4.69) is 13.8 Å². The van der Waals surface area contributed by atoms with Gasteiger partial charge >= 0.3 is 11.9 Å². The van der Waals surface area contributed by atoms with Crippen LogP contribution in [0.25, 0.3) is 0 Å². The van der Waals surface area contributed by atoms with Crippen molar-refractivity contribution in [2.24, 2.45) is 11.8 Å². The van der Waals surface area contributed by atoms with E-state index in [4.69, 9.17) is 14.2 Å². The molecule has 4 atom stereocenters. The molecule has 26 heavy (non-hydrogen) atoms. The lowest BCUT2D eigenvalue weighted by atomic mass is 9.88. The van der Waals surface area contributed by atoms with Crippen LogP contribution in [-0.4, -0.2) is 49.1 Å². The van der Waals surface area contributed by atoms with Crippen LogP contribution in [-0.2, 0) is 20.6 Å². The number of carboxylic acids is 1. The third-order valence-electron chi connectivity index (χ3n) is 5.52. The summed E-state index contributed by atoms with van der Waals surface area (Å²) in [6, 6.07) is 4.54. The van der Waals surface area contributed by atoms with E-state index >= 15 is 0 Å². The van der Waals surface area contributed by atoms with Crippen molar-refractivity contribution in [1.29, 1.82) is 0 Å². The average Bonchev–Trinajstić information content (AvgIpc) is 2.58. The molecule has 0 saturated carbocycles. The summed E-state index contributed by atoms with van der Waals surface area (Å²) >= 11 is 0. The highest BCUT2D eigenvalue weighted by atomic mass is 16.6. The van der Waals surface area contributed by atoms with Gasteiger partial charge in [0.05, 0.1) is 36.5 Å². The van der Waals surface area contributed by atoms with Gasteiger partial charge < -0.3 is 19.3 Å². The summed E-state index contributed by atoms with van der Waals surface area (Å²) in [5.41, 5.74) is 1.24. The topological polar surface area (TPSA) is 82.1 Å². The Morgan fingerprint density at radius 1 is 1.12 bits per heavy atom. The number of benzene rings is 1. The number of aromatic carboxylic acids is 1. The van der Waals surface area contributed by atoms with Crippen molar-refractivity contribution in [3.63, 3.8) is 0 Å². The largest absolute Gasteiger partial charge is 0.478 e. The second kappa shape index (κ2) is 8.18. The summed E-state index contributed by atoms with van der Waals surface area (Å²) < 4.78 is 16.5. The highest BCUT2D eigenvalue weighted by Crippen LogP contribution is 2.29. The lowest BCUT2D eigenvalue weighted by Gasteiger charge is -2.37. The van der Waals surface area contributed by atoms with E-state index in [1.165, 1.54) is 6.07 Å². The second-order valence-corrected chi connectivity index (χ2v) is 7.06. The van der Waals surface area contributed by atoms with Crippen LogP contribution in [0.4, 0.5) is 0 Å². The lowest BCUT2D eigenvalue weighted by Crippen LogP contribution is -2.43. The lowest BCUT2D eigenvalue weighted by molar-refractivity contribution is -0.137. The van der Waals surface area contributed by atoms with Crippen molar-refractivity contribution in [3.05, 3.63) is 34.9 Å². The van der Waals surface area contributed by atoms with Gasteiger partial charge in [0.2, 0.25) is 0 Å². The van der Waals surface area contributed by atoms with Crippen LogP contribution >= 0.6 is 0 Å². The molecule has 2 heterocycles. The first-order valence-corrected chi connectivity index (χ1v) is 9.30. The molecule has 3 rings (SSSR count). The van der Waals surface area contributed by atoms with Crippen LogP contribution in [0.1, 0.15) is 53.0 Å². The predicted octanol–water partition coefficient (Wildman–Crippen LogP) is 2.93. The molecule has 0 amide bonds. The standard InChI is InChI=1S/C20H26O6/c1-3-12-9-24-17(12)8-15-7-14(19(21)22)5-6-16(15)20(23)26-11-18-13(4-2)10-25-18/h5-7,12-13,17-18H,3-4,8-11H2,1-2H3,(H,21,22). The highest BCUT2D eigenvalue weighted by molar-refractivity contribution is 5.94. The van der Waals surface area contributed by atoms with E-state index in [9.17, 15) is 14.7 Å². The van der Waals surface area contributed by atoms with Crippen LogP contribution in [0.3, 0.4) is 0 Å². The smallest absolute Gasteiger partial charge is 0.338 e. The van der Waals surface area contributed by atoms with Gasteiger partial charge in [0.15, 0.2) is 0 Å². The van der Waals surface area contributed by atoms with Crippen molar-refractivity contribution in [1.82, 2.24) is 0 Å². The SMILES string of the molecule is CCC1COC1COC(=O)c1ccc(C(=O)O)cc1CC1OCC1CC. The van der Waals surface area contributed by atoms with E-state index in [1.54, 1.807) is 12.1 Å². The zero-order valence-corrected chi connectivity index (χ0v) is 15.3. The van der Waals surface area contributed by atoms with Crippen LogP contribution in [0.2, 0.25) is 0 Å². The third-order valence-corrected chi connectivity index (χ3v) is 5.52. The average molecular weight is 362 g/mol. The fourth-order valence-electron chi connectivity index (χ4n) is 3.46. The first-order valence-electron chi connectivity index (χ1n) is 9.30. The number of esters is 1. The molecule has 2 fully saturated rings. The van der Waals surface area contributed by atoms with Gasteiger partial charge in [0.25, 0.3) is 0 Å². The highest BCUT2D eigenvalue weighted by Gasteiger charge is 2.33. The van der Waals surface area contributed by atoms with Crippen LogP contribution < -0.4 is 0 Å². The van der Waals surface area contributed by atoms with E-state index in [0.29, 0.717) is 36.0 Å². The molecule has 6 nitrogen and oxygen atoms in total. The second-order valence-electron chi connectivity index (χ2n) is 7.06.